The summed E-state index contributed by atoms with van der Waals surface area (Å²) in [7, 11) is 0. The molecule has 0 atom stereocenters. The lowest BCUT2D eigenvalue weighted by atomic mass is 9.96. The molecule has 1 saturated carbocycles. The molecular formula is C18H16ClN3O. The van der Waals surface area contributed by atoms with Crippen LogP contribution in [0.25, 0.3) is 0 Å². The molecule has 3 rings (SSSR count). The third kappa shape index (κ3) is 3.64. The van der Waals surface area contributed by atoms with Gasteiger partial charge in [0.1, 0.15) is 0 Å². The Kier molecular flexibility index (Phi) is 4.22. The summed E-state index contributed by atoms with van der Waals surface area (Å²) in [4.78, 5) is 12.0. The molecule has 0 heterocycles. The van der Waals surface area contributed by atoms with E-state index in [9.17, 15) is 4.79 Å². The monoisotopic (exact) mass is 325 g/mol. The molecule has 0 unspecified atom stereocenters. The van der Waals surface area contributed by atoms with Crippen molar-refractivity contribution in [1.82, 2.24) is 5.32 Å². The van der Waals surface area contributed by atoms with Crippen LogP contribution in [0.4, 0.5) is 10.5 Å². The number of amides is 2. The number of nitrogens with zero attached hydrogens (tertiary/aromatic N) is 1. The van der Waals surface area contributed by atoms with Crippen molar-refractivity contribution in [3.05, 3.63) is 64.7 Å². The SMILES string of the molecule is N#Cc1cccc(NC(=O)NCC2(c3ccc(Cl)cc3)CC2)c1. The van der Waals surface area contributed by atoms with Gasteiger partial charge in [0.15, 0.2) is 0 Å². The number of hydrogen-bond acceptors (Lipinski definition) is 2. The standard InChI is InChI=1S/C18H16ClN3O/c19-15-6-4-14(5-7-15)18(8-9-18)12-21-17(23)22-16-3-1-2-13(10-16)11-20/h1-7,10H,8-9,12H2,(H2,21,22,23). The molecule has 116 valence electrons. The second-order valence-corrected chi connectivity index (χ2v) is 6.22. The van der Waals surface area contributed by atoms with Crippen LogP contribution in [0, 0.1) is 11.3 Å². The van der Waals surface area contributed by atoms with E-state index >= 15 is 0 Å². The number of anilines is 1. The van der Waals surface area contributed by atoms with Crippen LogP contribution in [0.1, 0.15) is 24.0 Å². The minimum atomic E-state index is -0.264. The van der Waals surface area contributed by atoms with Crippen LogP contribution >= 0.6 is 11.6 Å². The van der Waals surface area contributed by atoms with E-state index in [0.29, 0.717) is 22.8 Å². The summed E-state index contributed by atoms with van der Waals surface area (Å²) < 4.78 is 0. The van der Waals surface area contributed by atoms with Crippen molar-refractivity contribution in [2.24, 2.45) is 0 Å². The molecule has 0 bridgehead atoms. The topological polar surface area (TPSA) is 64.9 Å². The van der Waals surface area contributed by atoms with Gasteiger partial charge in [0.2, 0.25) is 0 Å². The van der Waals surface area contributed by atoms with E-state index in [2.05, 4.69) is 16.7 Å². The Morgan fingerprint density at radius 1 is 1.22 bits per heavy atom. The summed E-state index contributed by atoms with van der Waals surface area (Å²) in [6, 6.07) is 16.4. The van der Waals surface area contributed by atoms with Crippen LogP contribution in [-0.2, 0) is 5.41 Å². The number of nitrogens with one attached hydrogen (secondary N) is 2. The van der Waals surface area contributed by atoms with Gasteiger partial charge in [-0.25, -0.2) is 4.79 Å². The Morgan fingerprint density at radius 2 is 1.96 bits per heavy atom. The van der Waals surface area contributed by atoms with Gasteiger partial charge in [-0.3, -0.25) is 0 Å². The summed E-state index contributed by atoms with van der Waals surface area (Å²) >= 11 is 5.92. The number of nitriles is 1. The van der Waals surface area contributed by atoms with E-state index in [4.69, 9.17) is 16.9 Å². The molecule has 1 fully saturated rings. The molecule has 2 amide bonds. The molecule has 0 aromatic heterocycles. The maximum atomic E-state index is 12.0. The van der Waals surface area contributed by atoms with Crippen molar-refractivity contribution in [3.8, 4) is 6.07 Å². The summed E-state index contributed by atoms with van der Waals surface area (Å²) in [5.74, 6) is 0. The molecule has 4 nitrogen and oxygen atoms in total. The Hall–Kier alpha value is -2.51. The highest BCUT2D eigenvalue weighted by atomic mass is 35.5. The molecule has 0 radical (unpaired) electrons. The van der Waals surface area contributed by atoms with Gasteiger partial charge < -0.3 is 10.6 Å². The predicted octanol–water partition coefficient (Wildman–Crippen LogP) is 4.06. The zero-order valence-corrected chi connectivity index (χ0v) is 13.2. The maximum absolute atomic E-state index is 12.0. The second-order valence-electron chi connectivity index (χ2n) is 5.79. The Morgan fingerprint density at radius 3 is 2.61 bits per heavy atom. The molecule has 5 heteroatoms. The third-order valence-electron chi connectivity index (χ3n) is 4.15. The number of carbonyl (C=O) groups is 1. The van der Waals surface area contributed by atoms with E-state index in [-0.39, 0.29) is 11.4 Å². The highest BCUT2D eigenvalue weighted by molar-refractivity contribution is 6.30. The highest BCUT2D eigenvalue weighted by Crippen LogP contribution is 2.47. The normalized spacial score (nSPS) is 14.6. The summed E-state index contributed by atoms with van der Waals surface area (Å²) in [6.07, 6.45) is 2.11. The van der Waals surface area contributed by atoms with Gasteiger partial charge in [0.25, 0.3) is 0 Å². The zero-order valence-electron chi connectivity index (χ0n) is 12.5. The molecule has 0 spiro atoms. The van der Waals surface area contributed by atoms with Crippen molar-refractivity contribution in [2.75, 3.05) is 11.9 Å². The molecule has 1 aliphatic carbocycles. The van der Waals surface area contributed by atoms with Gasteiger partial charge in [-0.15, -0.1) is 0 Å². The largest absolute Gasteiger partial charge is 0.337 e. The van der Waals surface area contributed by atoms with E-state index in [1.807, 2.05) is 24.3 Å². The lowest BCUT2D eigenvalue weighted by molar-refractivity contribution is 0.251. The first-order chi connectivity index (χ1) is 11.1. The molecule has 2 N–H and O–H groups in total. The van der Waals surface area contributed by atoms with Gasteiger partial charge in [-0.1, -0.05) is 29.8 Å². The van der Waals surface area contributed by atoms with Crippen molar-refractivity contribution in [1.29, 1.82) is 5.26 Å². The second kappa shape index (κ2) is 6.31. The summed E-state index contributed by atoms with van der Waals surface area (Å²) in [5.41, 5.74) is 2.35. The van der Waals surface area contributed by atoms with E-state index in [1.165, 1.54) is 5.56 Å². The average molecular weight is 326 g/mol. The lowest BCUT2D eigenvalue weighted by Gasteiger charge is -2.17. The van der Waals surface area contributed by atoms with Gasteiger partial charge in [0.05, 0.1) is 11.6 Å². The first kappa shape index (κ1) is 15.4. The average Bonchev–Trinajstić information content (AvgIpc) is 3.35. The first-order valence-electron chi connectivity index (χ1n) is 7.42. The summed E-state index contributed by atoms with van der Waals surface area (Å²) in [5, 5.41) is 15.3. The van der Waals surface area contributed by atoms with Crippen LogP contribution in [0.15, 0.2) is 48.5 Å². The molecule has 0 saturated heterocycles. The minimum Gasteiger partial charge on any atom is -0.337 e. The number of urea groups is 1. The fraction of sp³-hybridized carbons (Fsp3) is 0.222. The molecular weight excluding hydrogens is 310 g/mol. The third-order valence-corrected chi connectivity index (χ3v) is 4.40. The number of hydrogen-bond donors (Lipinski definition) is 2. The number of carbonyl (C=O) groups excluding carboxylic acids is 1. The quantitative estimate of drug-likeness (QED) is 0.890. The molecule has 23 heavy (non-hydrogen) atoms. The molecule has 0 aliphatic heterocycles. The minimum absolute atomic E-state index is 0.0242. The number of benzene rings is 2. The van der Waals surface area contributed by atoms with E-state index in [0.717, 1.165) is 12.8 Å². The summed E-state index contributed by atoms with van der Waals surface area (Å²) in [6.45, 7) is 0.582. The molecule has 2 aromatic rings. The zero-order chi connectivity index (χ0) is 16.3. The van der Waals surface area contributed by atoms with Gasteiger partial charge in [-0.2, -0.15) is 5.26 Å². The fourth-order valence-electron chi connectivity index (χ4n) is 2.61. The fourth-order valence-corrected chi connectivity index (χ4v) is 2.74. The number of rotatable bonds is 4. The Labute approximate surface area is 140 Å². The maximum Gasteiger partial charge on any atom is 0.319 e. The van der Waals surface area contributed by atoms with Crippen LogP contribution in [0.3, 0.4) is 0 Å². The molecule has 1 aliphatic rings. The van der Waals surface area contributed by atoms with Gasteiger partial charge >= 0.3 is 6.03 Å². The van der Waals surface area contributed by atoms with Gasteiger partial charge in [0, 0.05) is 22.7 Å². The van der Waals surface area contributed by atoms with E-state index in [1.54, 1.807) is 24.3 Å². The van der Waals surface area contributed by atoms with Gasteiger partial charge in [-0.05, 0) is 48.7 Å². The van der Waals surface area contributed by atoms with Crippen LogP contribution < -0.4 is 10.6 Å². The molecule has 2 aromatic carbocycles. The van der Waals surface area contributed by atoms with Crippen LogP contribution in [0.2, 0.25) is 5.02 Å². The lowest BCUT2D eigenvalue weighted by Crippen LogP contribution is -2.35. The van der Waals surface area contributed by atoms with Crippen molar-refractivity contribution in [3.63, 3.8) is 0 Å². The Bertz CT molecular complexity index is 761. The van der Waals surface area contributed by atoms with Crippen molar-refractivity contribution < 1.29 is 4.79 Å². The number of halogens is 1. The Balaban J connectivity index is 1.58. The van der Waals surface area contributed by atoms with Crippen LogP contribution in [0.5, 0.6) is 0 Å². The van der Waals surface area contributed by atoms with Crippen molar-refractivity contribution in [2.45, 2.75) is 18.3 Å². The van der Waals surface area contributed by atoms with E-state index < -0.39 is 0 Å². The van der Waals surface area contributed by atoms with Crippen molar-refractivity contribution >= 4 is 23.3 Å². The van der Waals surface area contributed by atoms with Crippen LogP contribution in [-0.4, -0.2) is 12.6 Å². The predicted molar refractivity (Wildman–Crippen MR) is 90.5 cm³/mol. The smallest absolute Gasteiger partial charge is 0.319 e. The highest BCUT2D eigenvalue weighted by Gasteiger charge is 2.44. The first-order valence-corrected chi connectivity index (χ1v) is 7.80.